The normalized spacial score (nSPS) is 33.2. The summed E-state index contributed by atoms with van der Waals surface area (Å²) in [7, 11) is 1.63. The molecule has 0 heterocycles. The van der Waals surface area contributed by atoms with Crippen molar-refractivity contribution >= 4 is 5.97 Å². The van der Waals surface area contributed by atoms with Crippen molar-refractivity contribution in [3.8, 4) is 17.6 Å². The predicted octanol–water partition coefficient (Wildman–Crippen LogP) is 3.91. The Kier molecular flexibility index (Phi) is 4.30. The van der Waals surface area contributed by atoms with Crippen LogP contribution in [0.5, 0.6) is 11.5 Å². The smallest absolute Gasteiger partial charge is 0.306 e. The fourth-order valence-corrected chi connectivity index (χ4v) is 5.02. The highest BCUT2D eigenvalue weighted by Gasteiger charge is 2.52. The molecule has 3 aliphatic rings. The molecule has 0 aliphatic heterocycles. The van der Waals surface area contributed by atoms with Crippen LogP contribution in [0.15, 0.2) is 18.2 Å². The molecule has 5 nitrogen and oxygen atoms in total. The fourth-order valence-electron chi connectivity index (χ4n) is 5.02. The van der Waals surface area contributed by atoms with E-state index in [1.54, 1.807) is 7.11 Å². The van der Waals surface area contributed by atoms with Crippen molar-refractivity contribution in [2.24, 2.45) is 17.8 Å². The van der Waals surface area contributed by atoms with Crippen LogP contribution in [-0.2, 0) is 10.2 Å². The first kappa shape index (κ1) is 17.2. The van der Waals surface area contributed by atoms with E-state index in [2.05, 4.69) is 6.07 Å². The highest BCUT2D eigenvalue weighted by atomic mass is 16.5. The van der Waals surface area contributed by atoms with E-state index in [0.717, 1.165) is 37.0 Å². The Morgan fingerprint density at radius 3 is 2.42 bits per heavy atom. The zero-order valence-electron chi connectivity index (χ0n) is 15.1. The van der Waals surface area contributed by atoms with Crippen molar-refractivity contribution in [2.45, 2.75) is 56.5 Å². The maximum atomic E-state index is 11.3. The SMILES string of the molecule is COc1ccc(C2(C#N)CC3CC(C(=O)O)CC3C2)cc1OC1CCC1. The summed E-state index contributed by atoms with van der Waals surface area (Å²) in [4.78, 5) is 11.3. The molecule has 5 heteroatoms. The average Bonchev–Trinajstić information content (AvgIpc) is 3.14. The third kappa shape index (κ3) is 2.82. The molecule has 2 atom stereocenters. The van der Waals surface area contributed by atoms with Crippen molar-refractivity contribution in [1.82, 2.24) is 0 Å². The van der Waals surface area contributed by atoms with E-state index in [-0.39, 0.29) is 12.0 Å². The Morgan fingerprint density at radius 2 is 1.92 bits per heavy atom. The van der Waals surface area contributed by atoms with Crippen LogP contribution in [-0.4, -0.2) is 24.3 Å². The molecule has 138 valence electrons. The van der Waals surface area contributed by atoms with Crippen LogP contribution < -0.4 is 9.47 Å². The molecule has 3 fully saturated rings. The molecule has 1 aromatic carbocycles. The first-order valence-electron chi connectivity index (χ1n) is 9.54. The van der Waals surface area contributed by atoms with E-state index in [4.69, 9.17) is 9.47 Å². The number of carboxylic acid groups (broad SMARTS) is 1. The number of hydrogen-bond acceptors (Lipinski definition) is 4. The predicted molar refractivity (Wildman–Crippen MR) is 95.1 cm³/mol. The molecule has 4 rings (SSSR count). The van der Waals surface area contributed by atoms with Gasteiger partial charge >= 0.3 is 5.97 Å². The number of benzene rings is 1. The van der Waals surface area contributed by atoms with E-state index in [0.29, 0.717) is 30.4 Å². The van der Waals surface area contributed by atoms with E-state index in [9.17, 15) is 15.2 Å². The Bertz CT molecular complexity index is 735. The molecule has 0 aromatic heterocycles. The van der Waals surface area contributed by atoms with Gasteiger partial charge in [-0.25, -0.2) is 0 Å². The molecule has 0 amide bonds. The number of fused-ring (bicyclic) bond motifs is 1. The van der Waals surface area contributed by atoms with E-state index in [1.165, 1.54) is 6.42 Å². The van der Waals surface area contributed by atoms with Crippen LogP contribution >= 0.6 is 0 Å². The Balaban J connectivity index is 1.59. The third-order valence-electron chi connectivity index (χ3n) is 6.69. The van der Waals surface area contributed by atoms with Gasteiger partial charge in [0.2, 0.25) is 0 Å². The first-order valence-corrected chi connectivity index (χ1v) is 9.54. The summed E-state index contributed by atoms with van der Waals surface area (Å²) in [6.07, 6.45) is 6.46. The maximum absolute atomic E-state index is 11.3. The summed E-state index contributed by atoms with van der Waals surface area (Å²) in [5, 5.41) is 19.3. The fraction of sp³-hybridized carbons (Fsp3) is 0.619. The molecule has 0 spiro atoms. The Labute approximate surface area is 153 Å². The van der Waals surface area contributed by atoms with Gasteiger partial charge in [0.05, 0.1) is 30.6 Å². The molecule has 3 aliphatic carbocycles. The van der Waals surface area contributed by atoms with Crippen molar-refractivity contribution in [3.63, 3.8) is 0 Å². The number of aliphatic carboxylic acids is 1. The minimum absolute atomic E-state index is 0.241. The number of carboxylic acids is 1. The topological polar surface area (TPSA) is 79.5 Å². The van der Waals surface area contributed by atoms with Crippen LogP contribution in [0.3, 0.4) is 0 Å². The lowest BCUT2D eigenvalue weighted by Gasteiger charge is -2.29. The highest BCUT2D eigenvalue weighted by Crippen LogP contribution is 2.56. The Hall–Kier alpha value is -2.22. The second-order valence-corrected chi connectivity index (χ2v) is 8.17. The van der Waals surface area contributed by atoms with E-state index < -0.39 is 11.4 Å². The van der Waals surface area contributed by atoms with Gasteiger partial charge in [-0.1, -0.05) is 6.07 Å². The number of hydrogen-bond donors (Lipinski definition) is 1. The first-order chi connectivity index (χ1) is 12.5. The van der Waals surface area contributed by atoms with Crippen LogP contribution in [0.25, 0.3) is 0 Å². The molecule has 0 saturated heterocycles. The lowest BCUT2D eigenvalue weighted by molar-refractivity contribution is -0.141. The molecular formula is C21H25NO4. The molecular weight excluding hydrogens is 330 g/mol. The summed E-state index contributed by atoms with van der Waals surface area (Å²) >= 11 is 0. The van der Waals surface area contributed by atoms with Gasteiger partial charge in [-0.05, 0) is 74.5 Å². The average molecular weight is 355 g/mol. The number of rotatable bonds is 5. The molecule has 2 unspecified atom stereocenters. The summed E-state index contributed by atoms with van der Waals surface area (Å²) < 4.78 is 11.5. The summed E-state index contributed by atoms with van der Waals surface area (Å²) in [6, 6.07) is 8.43. The molecule has 1 aromatic rings. The van der Waals surface area contributed by atoms with E-state index >= 15 is 0 Å². The highest BCUT2D eigenvalue weighted by molar-refractivity contribution is 5.70. The number of carbonyl (C=O) groups is 1. The van der Waals surface area contributed by atoms with Gasteiger partial charge in [0, 0.05) is 0 Å². The van der Waals surface area contributed by atoms with Gasteiger partial charge in [-0.2, -0.15) is 5.26 Å². The summed E-state index contributed by atoms with van der Waals surface area (Å²) in [5.41, 5.74) is 0.444. The second kappa shape index (κ2) is 6.50. The van der Waals surface area contributed by atoms with Crippen LogP contribution in [0.4, 0.5) is 0 Å². The molecule has 0 bridgehead atoms. The van der Waals surface area contributed by atoms with Gasteiger partial charge in [0.25, 0.3) is 0 Å². The molecule has 1 N–H and O–H groups in total. The minimum Gasteiger partial charge on any atom is -0.493 e. The van der Waals surface area contributed by atoms with Crippen LogP contribution in [0.1, 0.15) is 50.5 Å². The molecule has 0 radical (unpaired) electrons. The number of nitrogens with zero attached hydrogens (tertiary/aromatic N) is 1. The van der Waals surface area contributed by atoms with E-state index in [1.807, 2.05) is 18.2 Å². The summed E-state index contributed by atoms with van der Waals surface area (Å²) in [5.74, 6) is 1.16. The number of methoxy groups -OCH3 is 1. The second-order valence-electron chi connectivity index (χ2n) is 8.17. The number of nitriles is 1. The zero-order chi connectivity index (χ0) is 18.3. The van der Waals surface area contributed by atoms with Gasteiger partial charge in [0.1, 0.15) is 0 Å². The van der Waals surface area contributed by atoms with Crippen molar-refractivity contribution < 1.29 is 19.4 Å². The van der Waals surface area contributed by atoms with Crippen LogP contribution in [0, 0.1) is 29.1 Å². The van der Waals surface area contributed by atoms with Crippen molar-refractivity contribution in [1.29, 1.82) is 5.26 Å². The monoisotopic (exact) mass is 355 g/mol. The van der Waals surface area contributed by atoms with Gasteiger partial charge in [-0.15, -0.1) is 0 Å². The third-order valence-corrected chi connectivity index (χ3v) is 6.69. The van der Waals surface area contributed by atoms with Crippen molar-refractivity contribution in [2.75, 3.05) is 7.11 Å². The molecule has 3 saturated carbocycles. The Morgan fingerprint density at radius 1 is 1.23 bits per heavy atom. The quantitative estimate of drug-likeness (QED) is 0.866. The molecule has 26 heavy (non-hydrogen) atoms. The summed E-state index contributed by atoms with van der Waals surface area (Å²) in [6.45, 7) is 0. The number of ether oxygens (including phenoxy) is 2. The zero-order valence-corrected chi connectivity index (χ0v) is 15.1. The van der Waals surface area contributed by atoms with Gasteiger partial charge in [0.15, 0.2) is 11.5 Å². The lowest BCUT2D eigenvalue weighted by atomic mass is 9.77. The van der Waals surface area contributed by atoms with Gasteiger partial charge < -0.3 is 14.6 Å². The lowest BCUT2D eigenvalue weighted by Crippen LogP contribution is -2.26. The van der Waals surface area contributed by atoms with Gasteiger partial charge in [-0.3, -0.25) is 4.79 Å². The van der Waals surface area contributed by atoms with Crippen LogP contribution in [0.2, 0.25) is 0 Å². The van der Waals surface area contributed by atoms with Crippen molar-refractivity contribution in [3.05, 3.63) is 23.8 Å². The standard InChI is InChI=1S/C21H25NO4/c1-25-18-6-5-16(9-19(18)26-17-3-2-4-17)21(12-22)10-14-7-13(20(23)24)8-15(14)11-21/h5-6,9,13-15,17H,2-4,7-8,10-11H2,1H3,(H,23,24). The minimum atomic E-state index is -0.692. The maximum Gasteiger partial charge on any atom is 0.306 e. The largest absolute Gasteiger partial charge is 0.493 e.